The van der Waals surface area contributed by atoms with Crippen LogP contribution < -0.4 is 15.4 Å². The largest absolute Gasteiger partial charge is 0.489 e. The third-order valence-electron chi connectivity index (χ3n) is 5.65. The molecule has 1 unspecified atom stereocenters. The van der Waals surface area contributed by atoms with E-state index in [1.54, 1.807) is 36.4 Å². The van der Waals surface area contributed by atoms with Crippen molar-refractivity contribution < 1.29 is 22.7 Å². The molecule has 3 aromatic carbocycles. The Morgan fingerprint density at radius 2 is 1.88 bits per heavy atom. The van der Waals surface area contributed by atoms with Crippen molar-refractivity contribution >= 4 is 22.6 Å². The molecule has 1 saturated heterocycles. The van der Waals surface area contributed by atoms with E-state index in [9.17, 15) is 18.0 Å². The Labute approximate surface area is 193 Å². The number of H-pyrrole nitrogens is 1. The molecule has 1 aliphatic rings. The molecule has 0 bridgehead atoms. The number of alkyl halides is 3. The molecule has 0 aliphatic carbocycles. The molecule has 1 aliphatic heterocycles. The highest BCUT2D eigenvalue weighted by molar-refractivity contribution is 6.11. The Morgan fingerprint density at radius 1 is 1.06 bits per heavy atom. The minimum atomic E-state index is -4.53. The van der Waals surface area contributed by atoms with Gasteiger partial charge >= 0.3 is 6.18 Å². The maximum atomic E-state index is 13.5. The van der Waals surface area contributed by atoms with Crippen molar-refractivity contribution in [1.82, 2.24) is 15.3 Å². The van der Waals surface area contributed by atoms with Crippen LogP contribution in [0.15, 0.2) is 66.7 Å². The number of fused-ring (bicyclic) bond motifs is 1. The Hall–Kier alpha value is -3.85. The topological polar surface area (TPSA) is 79.0 Å². The zero-order valence-corrected chi connectivity index (χ0v) is 17.9. The van der Waals surface area contributed by atoms with Gasteiger partial charge in [-0.05, 0) is 43.3 Å². The number of carbonyl (C=O) groups excluding carboxylic acids is 1. The van der Waals surface area contributed by atoms with Crippen LogP contribution in [0.2, 0.25) is 0 Å². The second-order valence-corrected chi connectivity index (χ2v) is 8.05. The molecule has 1 fully saturated rings. The first kappa shape index (κ1) is 22.0. The number of hydrogen-bond acceptors (Lipinski definition) is 4. The average Bonchev–Trinajstić information content (AvgIpc) is 3.48. The summed E-state index contributed by atoms with van der Waals surface area (Å²) in [6.45, 7) is 1.68. The van der Waals surface area contributed by atoms with E-state index in [1.165, 1.54) is 18.2 Å². The molecule has 1 aromatic heterocycles. The second-order valence-electron chi connectivity index (χ2n) is 8.05. The van der Waals surface area contributed by atoms with Gasteiger partial charge < -0.3 is 20.4 Å². The van der Waals surface area contributed by atoms with Crippen LogP contribution in [0.25, 0.3) is 22.4 Å². The van der Waals surface area contributed by atoms with E-state index in [0.717, 1.165) is 25.6 Å². The number of aromatic nitrogens is 2. The molecule has 1 amide bonds. The van der Waals surface area contributed by atoms with E-state index in [-0.39, 0.29) is 28.6 Å². The van der Waals surface area contributed by atoms with Gasteiger partial charge in [-0.15, -0.1) is 0 Å². The minimum Gasteiger partial charge on any atom is -0.489 e. The van der Waals surface area contributed by atoms with Crippen LogP contribution >= 0.6 is 0 Å². The Bertz CT molecular complexity index is 1340. The summed E-state index contributed by atoms with van der Waals surface area (Å²) >= 11 is 0. The maximum absolute atomic E-state index is 13.5. The molecule has 2 heterocycles. The van der Waals surface area contributed by atoms with Crippen molar-refractivity contribution in [3.05, 3.63) is 77.9 Å². The lowest BCUT2D eigenvalue weighted by molar-refractivity contribution is -0.137. The van der Waals surface area contributed by atoms with Crippen LogP contribution in [-0.4, -0.2) is 35.1 Å². The molecule has 9 heteroatoms. The number of nitrogens with zero attached hydrogens (tertiary/aromatic N) is 1. The Kier molecular flexibility index (Phi) is 5.70. The summed E-state index contributed by atoms with van der Waals surface area (Å²) in [5.74, 6) is 0.270. The lowest BCUT2D eigenvalue weighted by Crippen LogP contribution is -2.19. The van der Waals surface area contributed by atoms with Crippen LogP contribution in [-0.2, 0) is 6.18 Å². The third-order valence-corrected chi connectivity index (χ3v) is 5.65. The van der Waals surface area contributed by atoms with Gasteiger partial charge in [-0.1, -0.05) is 30.3 Å². The summed E-state index contributed by atoms with van der Waals surface area (Å²) in [5.41, 5.74) is 0.666. The van der Waals surface area contributed by atoms with Crippen molar-refractivity contribution in [3.8, 4) is 17.1 Å². The van der Waals surface area contributed by atoms with Crippen LogP contribution in [0.3, 0.4) is 0 Å². The number of hydrogen-bond donors (Lipinski definition) is 3. The lowest BCUT2D eigenvalue weighted by Gasteiger charge is -2.13. The summed E-state index contributed by atoms with van der Waals surface area (Å²) in [4.78, 5) is 20.3. The number of rotatable bonds is 5. The number of para-hydroxylation sites is 1. The first-order valence-corrected chi connectivity index (χ1v) is 10.8. The summed E-state index contributed by atoms with van der Waals surface area (Å²) < 4.78 is 46.4. The maximum Gasteiger partial charge on any atom is 0.417 e. The van der Waals surface area contributed by atoms with E-state index < -0.39 is 17.6 Å². The highest BCUT2D eigenvalue weighted by Crippen LogP contribution is 2.36. The molecule has 3 N–H and O–H groups in total. The molecular weight excluding hydrogens is 445 g/mol. The molecule has 174 valence electrons. The molecule has 34 heavy (non-hydrogen) atoms. The van der Waals surface area contributed by atoms with Crippen molar-refractivity contribution in [2.24, 2.45) is 0 Å². The molecule has 0 saturated carbocycles. The zero-order valence-electron chi connectivity index (χ0n) is 17.9. The van der Waals surface area contributed by atoms with E-state index in [4.69, 9.17) is 4.74 Å². The summed E-state index contributed by atoms with van der Waals surface area (Å²) in [6, 6.07) is 17.2. The monoisotopic (exact) mass is 466 g/mol. The number of halogens is 3. The number of benzene rings is 3. The van der Waals surface area contributed by atoms with Crippen molar-refractivity contribution in [3.63, 3.8) is 0 Å². The number of aromatic amines is 1. The quantitative estimate of drug-likeness (QED) is 0.376. The molecule has 5 rings (SSSR count). The highest BCUT2D eigenvalue weighted by Gasteiger charge is 2.34. The number of carbonyl (C=O) groups is 1. The smallest absolute Gasteiger partial charge is 0.417 e. The number of anilines is 1. The van der Waals surface area contributed by atoms with Crippen molar-refractivity contribution in [2.45, 2.75) is 18.7 Å². The van der Waals surface area contributed by atoms with E-state index >= 15 is 0 Å². The van der Waals surface area contributed by atoms with Gasteiger partial charge in [0.2, 0.25) is 0 Å². The van der Waals surface area contributed by atoms with Crippen LogP contribution in [0, 0.1) is 0 Å². The van der Waals surface area contributed by atoms with Gasteiger partial charge in [-0.3, -0.25) is 4.79 Å². The predicted molar refractivity (Wildman–Crippen MR) is 123 cm³/mol. The molecule has 0 spiro atoms. The third kappa shape index (κ3) is 4.47. The lowest BCUT2D eigenvalue weighted by atomic mass is 10.1. The van der Waals surface area contributed by atoms with Gasteiger partial charge in [-0.25, -0.2) is 4.98 Å². The average molecular weight is 466 g/mol. The zero-order chi connectivity index (χ0) is 23.7. The summed E-state index contributed by atoms with van der Waals surface area (Å²) in [6.07, 6.45) is -3.53. The van der Waals surface area contributed by atoms with Gasteiger partial charge in [0.05, 0.1) is 16.6 Å². The summed E-state index contributed by atoms with van der Waals surface area (Å²) in [7, 11) is 0. The highest BCUT2D eigenvalue weighted by atomic mass is 19.4. The van der Waals surface area contributed by atoms with Crippen LogP contribution in [0.4, 0.5) is 18.9 Å². The normalized spacial score (nSPS) is 16.0. The molecule has 1 atom stereocenters. The SMILES string of the molecule is O=C(Nc1cccc(OC2CCNC2)c1)c1cccc2[nH]c(-c3ccccc3C(F)(F)F)nc12. The Balaban J connectivity index is 1.43. The van der Waals surface area contributed by atoms with Crippen LogP contribution in [0.1, 0.15) is 22.3 Å². The molecule has 6 nitrogen and oxygen atoms in total. The van der Waals surface area contributed by atoms with Crippen LogP contribution in [0.5, 0.6) is 5.75 Å². The number of amides is 1. The Morgan fingerprint density at radius 3 is 2.68 bits per heavy atom. The number of imidazole rings is 1. The number of ether oxygens (including phenoxy) is 1. The van der Waals surface area contributed by atoms with E-state index in [2.05, 4.69) is 20.6 Å². The van der Waals surface area contributed by atoms with E-state index in [0.29, 0.717) is 17.0 Å². The van der Waals surface area contributed by atoms with Gasteiger partial charge in [0.1, 0.15) is 23.2 Å². The van der Waals surface area contributed by atoms with Gasteiger partial charge in [0.25, 0.3) is 5.91 Å². The fourth-order valence-corrected chi connectivity index (χ4v) is 4.05. The van der Waals surface area contributed by atoms with Crippen molar-refractivity contribution in [2.75, 3.05) is 18.4 Å². The van der Waals surface area contributed by atoms with Crippen molar-refractivity contribution in [1.29, 1.82) is 0 Å². The number of nitrogens with one attached hydrogen (secondary N) is 3. The molecule has 4 aromatic rings. The standard InChI is InChI=1S/C25H21F3N4O2/c26-25(27,28)20-9-2-1-7-18(20)23-31-21-10-4-8-19(22(21)32-23)24(33)30-15-5-3-6-16(13-15)34-17-11-12-29-14-17/h1-10,13,17,29H,11-12,14H2,(H,30,33)(H,31,32). The molecule has 0 radical (unpaired) electrons. The predicted octanol–water partition coefficient (Wildman–Crippen LogP) is 5.24. The fourth-order valence-electron chi connectivity index (χ4n) is 4.05. The first-order valence-electron chi connectivity index (χ1n) is 10.8. The van der Waals surface area contributed by atoms with Gasteiger partial charge in [0.15, 0.2) is 0 Å². The second kappa shape index (κ2) is 8.83. The van der Waals surface area contributed by atoms with Gasteiger partial charge in [-0.2, -0.15) is 13.2 Å². The fraction of sp³-hybridized carbons (Fsp3) is 0.200. The summed E-state index contributed by atoms with van der Waals surface area (Å²) in [5, 5.41) is 6.07. The minimum absolute atomic E-state index is 0.0451. The van der Waals surface area contributed by atoms with E-state index in [1.807, 2.05) is 6.07 Å². The van der Waals surface area contributed by atoms with Gasteiger partial charge in [0, 0.05) is 23.9 Å². The molecular formula is C25H21F3N4O2. The first-order chi connectivity index (χ1) is 16.4.